The molecule has 3 heterocycles. The van der Waals surface area contributed by atoms with Crippen molar-refractivity contribution in [3.05, 3.63) is 45.3 Å². The number of nitrogens with zero attached hydrogens (tertiary/aromatic N) is 1. The predicted molar refractivity (Wildman–Crippen MR) is 102 cm³/mol. The van der Waals surface area contributed by atoms with E-state index in [1.54, 1.807) is 6.07 Å². The summed E-state index contributed by atoms with van der Waals surface area (Å²) in [6.07, 6.45) is 2.81. The van der Waals surface area contributed by atoms with Gasteiger partial charge in [0.05, 0.1) is 6.10 Å². The van der Waals surface area contributed by atoms with Gasteiger partial charge in [0, 0.05) is 31.1 Å². The molecule has 5 heteroatoms. The Labute approximate surface area is 154 Å². The molecule has 4 rings (SSSR count). The fourth-order valence-electron chi connectivity index (χ4n) is 4.76. The van der Waals surface area contributed by atoms with Crippen LogP contribution in [-0.2, 0) is 6.54 Å². The number of nitrogens with one attached hydrogen (secondary N) is 1. The van der Waals surface area contributed by atoms with Crippen LogP contribution in [0.1, 0.15) is 36.0 Å². The van der Waals surface area contributed by atoms with Gasteiger partial charge >= 0.3 is 5.63 Å². The number of piperidine rings is 2. The van der Waals surface area contributed by atoms with Gasteiger partial charge in [-0.3, -0.25) is 4.90 Å². The lowest BCUT2D eigenvalue weighted by atomic mass is 9.72. The van der Waals surface area contributed by atoms with Gasteiger partial charge in [0.2, 0.25) is 0 Å². The average molecular weight is 356 g/mol. The molecule has 2 aliphatic heterocycles. The summed E-state index contributed by atoms with van der Waals surface area (Å²) in [6.45, 7) is 8.49. The molecule has 0 saturated carbocycles. The molecule has 0 amide bonds. The molecule has 140 valence electrons. The van der Waals surface area contributed by atoms with Crippen LogP contribution in [0, 0.1) is 19.3 Å². The standard InChI is InChI=1S/C21H28N2O3/c1-14-7-18-16(9-20(25)26-19(18)8-15(14)2)11-23-12-17(24)10-21(13-23)3-5-22-6-4-21/h7-9,17,22,24H,3-6,10-13H2,1-2H3. The van der Waals surface area contributed by atoms with Crippen molar-refractivity contribution >= 4 is 11.0 Å². The number of aliphatic hydroxyl groups is 1. The molecule has 2 fully saturated rings. The fraction of sp³-hybridized carbons (Fsp3) is 0.571. The van der Waals surface area contributed by atoms with Crippen molar-refractivity contribution < 1.29 is 9.52 Å². The van der Waals surface area contributed by atoms with Crippen LogP contribution in [-0.4, -0.2) is 42.3 Å². The lowest BCUT2D eigenvalue weighted by Crippen LogP contribution is -2.52. The lowest BCUT2D eigenvalue weighted by molar-refractivity contribution is -0.0277. The van der Waals surface area contributed by atoms with Crippen LogP contribution in [0.4, 0.5) is 0 Å². The van der Waals surface area contributed by atoms with Gasteiger partial charge in [0.15, 0.2) is 0 Å². The highest BCUT2D eigenvalue weighted by Crippen LogP contribution is 2.38. The zero-order valence-electron chi connectivity index (χ0n) is 15.7. The van der Waals surface area contributed by atoms with Gasteiger partial charge in [-0.15, -0.1) is 0 Å². The normalized spacial score (nSPS) is 23.6. The molecule has 1 aromatic carbocycles. The Morgan fingerprint density at radius 3 is 2.73 bits per heavy atom. The number of rotatable bonds is 2. The molecular weight excluding hydrogens is 328 g/mol. The zero-order valence-corrected chi connectivity index (χ0v) is 15.7. The van der Waals surface area contributed by atoms with Crippen molar-refractivity contribution in [1.29, 1.82) is 0 Å². The maximum absolute atomic E-state index is 12.1. The van der Waals surface area contributed by atoms with E-state index >= 15 is 0 Å². The van der Waals surface area contributed by atoms with Crippen LogP contribution >= 0.6 is 0 Å². The van der Waals surface area contributed by atoms with Crippen LogP contribution in [0.2, 0.25) is 0 Å². The summed E-state index contributed by atoms with van der Waals surface area (Å²) >= 11 is 0. The van der Waals surface area contributed by atoms with Gasteiger partial charge in [-0.05, 0) is 80.4 Å². The summed E-state index contributed by atoms with van der Waals surface area (Å²) in [5, 5.41) is 14.9. The Bertz CT molecular complexity index is 867. The highest BCUT2D eigenvalue weighted by molar-refractivity contribution is 5.81. The molecule has 1 aromatic heterocycles. The molecule has 2 saturated heterocycles. The minimum atomic E-state index is -0.301. The van der Waals surface area contributed by atoms with Crippen LogP contribution in [0.25, 0.3) is 11.0 Å². The molecule has 5 nitrogen and oxygen atoms in total. The van der Waals surface area contributed by atoms with Gasteiger partial charge in [-0.1, -0.05) is 0 Å². The minimum Gasteiger partial charge on any atom is -0.423 e. The lowest BCUT2D eigenvalue weighted by Gasteiger charge is -2.47. The van der Waals surface area contributed by atoms with Crippen LogP contribution in [0.5, 0.6) is 0 Å². The van der Waals surface area contributed by atoms with Crippen molar-refractivity contribution in [1.82, 2.24) is 10.2 Å². The minimum absolute atomic E-state index is 0.199. The van der Waals surface area contributed by atoms with Crippen molar-refractivity contribution in [2.24, 2.45) is 5.41 Å². The number of hydrogen-bond donors (Lipinski definition) is 2. The number of hydrogen-bond acceptors (Lipinski definition) is 5. The Kier molecular flexibility index (Phi) is 4.63. The summed E-state index contributed by atoms with van der Waals surface area (Å²) in [7, 11) is 0. The van der Waals surface area contributed by atoms with Gasteiger partial charge < -0.3 is 14.8 Å². The number of aryl methyl sites for hydroxylation is 2. The van der Waals surface area contributed by atoms with E-state index in [4.69, 9.17) is 4.42 Å². The summed E-state index contributed by atoms with van der Waals surface area (Å²) in [6, 6.07) is 5.69. The maximum atomic E-state index is 12.1. The van der Waals surface area contributed by atoms with E-state index in [-0.39, 0.29) is 17.1 Å². The maximum Gasteiger partial charge on any atom is 0.336 e. The van der Waals surface area contributed by atoms with E-state index < -0.39 is 0 Å². The summed E-state index contributed by atoms with van der Waals surface area (Å²) in [5.74, 6) is 0. The third-order valence-corrected chi connectivity index (χ3v) is 6.20. The number of likely N-dealkylation sites (tertiary alicyclic amines) is 1. The molecule has 0 aliphatic carbocycles. The largest absolute Gasteiger partial charge is 0.423 e. The Balaban J connectivity index is 1.66. The molecule has 26 heavy (non-hydrogen) atoms. The molecule has 1 atom stereocenters. The van der Waals surface area contributed by atoms with Crippen molar-refractivity contribution in [2.75, 3.05) is 26.2 Å². The average Bonchev–Trinajstić information content (AvgIpc) is 2.56. The number of benzene rings is 1. The monoisotopic (exact) mass is 356 g/mol. The first-order valence-corrected chi connectivity index (χ1v) is 9.59. The van der Waals surface area contributed by atoms with E-state index in [0.717, 1.165) is 55.4 Å². The first-order valence-electron chi connectivity index (χ1n) is 9.59. The first-order chi connectivity index (χ1) is 12.4. The summed E-state index contributed by atoms with van der Waals surface area (Å²) in [5.41, 5.74) is 3.87. The van der Waals surface area contributed by atoms with Gasteiger partial charge in [-0.25, -0.2) is 4.79 Å². The smallest absolute Gasteiger partial charge is 0.336 e. The third-order valence-electron chi connectivity index (χ3n) is 6.20. The quantitative estimate of drug-likeness (QED) is 0.809. The Morgan fingerprint density at radius 2 is 1.96 bits per heavy atom. The van der Waals surface area contributed by atoms with Crippen LogP contribution in [0.15, 0.2) is 27.4 Å². The molecule has 2 N–H and O–H groups in total. The second kappa shape index (κ2) is 6.80. The first kappa shape index (κ1) is 17.7. The predicted octanol–water partition coefficient (Wildman–Crippen LogP) is 2.35. The van der Waals surface area contributed by atoms with E-state index in [1.807, 2.05) is 13.0 Å². The van der Waals surface area contributed by atoms with Gasteiger partial charge in [0.25, 0.3) is 0 Å². The van der Waals surface area contributed by atoms with Crippen molar-refractivity contribution in [2.45, 2.75) is 45.8 Å². The third kappa shape index (κ3) is 3.43. The molecule has 2 aromatic rings. The van der Waals surface area contributed by atoms with E-state index in [2.05, 4.69) is 23.2 Å². The number of aliphatic hydroxyl groups excluding tert-OH is 1. The highest BCUT2D eigenvalue weighted by atomic mass is 16.4. The molecular formula is C21H28N2O3. The zero-order chi connectivity index (χ0) is 18.3. The van der Waals surface area contributed by atoms with E-state index in [1.165, 1.54) is 5.56 Å². The van der Waals surface area contributed by atoms with Gasteiger partial charge in [0.1, 0.15) is 5.58 Å². The second-order valence-corrected chi connectivity index (χ2v) is 8.30. The van der Waals surface area contributed by atoms with Crippen LogP contribution < -0.4 is 10.9 Å². The van der Waals surface area contributed by atoms with Crippen molar-refractivity contribution in [3.63, 3.8) is 0 Å². The van der Waals surface area contributed by atoms with Crippen molar-refractivity contribution in [3.8, 4) is 0 Å². The fourth-order valence-corrected chi connectivity index (χ4v) is 4.76. The Morgan fingerprint density at radius 1 is 1.23 bits per heavy atom. The van der Waals surface area contributed by atoms with E-state index in [9.17, 15) is 9.90 Å². The van der Waals surface area contributed by atoms with Crippen LogP contribution in [0.3, 0.4) is 0 Å². The van der Waals surface area contributed by atoms with E-state index in [0.29, 0.717) is 18.7 Å². The SMILES string of the molecule is Cc1cc2oc(=O)cc(CN3CC(O)CC4(CCNCC4)C3)c2cc1C. The number of β-amino-alcohol motifs (C(OH)–C–C–N with tert-alkyl or cyclic N) is 1. The second-order valence-electron chi connectivity index (χ2n) is 8.30. The molecule has 2 aliphatic rings. The Hall–Kier alpha value is -1.69. The molecule has 1 unspecified atom stereocenters. The highest BCUT2D eigenvalue weighted by Gasteiger charge is 2.40. The number of fused-ring (bicyclic) bond motifs is 1. The molecule has 0 bridgehead atoms. The van der Waals surface area contributed by atoms with Gasteiger partial charge in [-0.2, -0.15) is 0 Å². The topological polar surface area (TPSA) is 65.7 Å². The molecule has 1 spiro atoms. The summed E-state index contributed by atoms with van der Waals surface area (Å²) in [4.78, 5) is 14.4. The molecule has 0 radical (unpaired) electrons. The summed E-state index contributed by atoms with van der Waals surface area (Å²) < 4.78 is 5.43.